The van der Waals surface area contributed by atoms with Crippen LogP contribution in [0.3, 0.4) is 0 Å². The number of hydrogen-bond acceptors (Lipinski definition) is 3. The summed E-state index contributed by atoms with van der Waals surface area (Å²) in [5.41, 5.74) is 0.268. The van der Waals surface area contributed by atoms with E-state index in [0.717, 1.165) is 19.4 Å². The van der Waals surface area contributed by atoms with Gasteiger partial charge in [-0.1, -0.05) is 27.7 Å². The lowest BCUT2D eigenvalue weighted by atomic mass is 9.86. The Labute approximate surface area is 121 Å². The first kappa shape index (κ1) is 16.5. The van der Waals surface area contributed by atoms with E-state index in [1.807, 2.05) is 10.8 Å². The average Bonchev–Trinajstić information content (AvgIpc) is 2.83. The SMILES string of the molecule is CC(COC(=O)NCCCn1ccnc1)CC(C)(C)C. The molecule has 0 saturated carbocycles. The van der Waals surface area contributed by atoms with E-state index in [9.17, 15) is 4.79 Å². The molecule has 0 saturated heterocycles. The van der Waals surface area contributed by atoms with Crippen LogP contribution in [0.1, 0.15) is 40.5 Å². The molecule has 114 valence electrons. The van der Waals surface area contributed by atoms with E-state index >= 15 is 0 Å². The van der Waals surface area contributed by atoms with Crippen LogP contribution in [-0.4, -0.2) is 28.8 Å². The molecule has 5 heteroatoms. The van der Waals surface area contributed by atoms with Crippen molar-refractivity contribution in [2.24, 2.45) is 11.3 Å². The van der Waals surface area contributed by atoms with Crippen molar-refractivity contribution < 1.29 is 9.53 Å². The van der Waals surface area contributed by atoms with E-state index in [-0.39, 0.29) is 11.5 Å². The van der Waals surface area contributed by atoms with E-state index in [4.69, 9.17) is 4.74 Å². The second kappa shape index (κ2) is 7.92. The van der Waals surface area contributed by atoms with Gasteiger partial charge in [0, 0.05) is 25.5 Å². The van der Waals surface area contributed by atoms with Gasteiger partial charge in [-0.15, -0.1) is 0 Å². The number of aromatic nitrogens is 2. The predicted molar refractivity (Wildman–Crippen MR) is 79.4 cm³/mol. The summed E-state index contributed by atoms with van der Waals surface area (Å²) in [4.78, 5) is 15.5. The highest BCUT2D eigenvalue weighted by Crippen LogP contribution is 2.24. The van der Waals surface area contributed by atoms with Crippen LogP contribution in [0, 0.1) is 11.3 Å². The molecular weight excluding hydrogens is 254 g/mol. The fraction of sp³-hybridized carbons (Fsp3) is 0.733. The molecule has 0 aliphatic rings. The molecule has 1 N–H and O–H groups in total. The molecule has 20 heavy (non-hydrogen) atoms. The number of alkyl carbamates (subject to hydrolysis) is 1. The molecule has 1 atom stereocenters. The predicted octanol–water partition coefficient (Wildman–Crippen LogP) is 3.07. The number of nitrogens with zero attached hydrogens (tertiary/aromatic N) is 2. The molecular formula is C15H27N3O2. The molecule has 0 aliphatic carbocycles. The standard InChI is InChI=1S/C15H27N3O2/c1-13(10-15(2,3)4)11-20-14(19)17-6-5-8-18-9-7-16-12-18/h7,9,12-13H,5-6,8,10-11H2,1-4H3,(H,17,19). The van der Waals surface area contributed by atoms with Crippen LogP contribution in [0.25, 0.3) is 0 Å². The number of rotatable bonds is 7. The lowest BCUT2D eigenvalue weighted by Gasteiger charge is -2.22. The number of nitrogens with one attached hydrogen (secondary N) is 1. The first-order chi connectivity index (χ1) is 9.37. The van der Waals surface area contributed by atoms with Gasteiger partial charge in [-0.2, -0.15) is 0 Å². The van der Waals surface area contributed by atoms with Crippen molar-refractivity contribution in [1.29, 1.82) is 0 Å². The van der Waals surface area contributed by atoms with Crippen molar-refractivity contribution in [3.8, 4) is 0 Å². The zero-order chi connectivity index (χ0) is 15.0. The zero-order valence-electron chi connectivity index (χ0n) is 13.1. The van der Waals surface area contributed by atoms with E-state index in [0.29, 0.717) is 19.1 Å². The monoisotopic (exact) mass is 281 g/mol. The molecule has 1 aromatic heterocycles. The Kier molecular flexibility index (Phi) is 6.55. The van der Waals surface area contributed by atoms with Crippen LogP contribution in [0.2, 0.25) is 0 Å². The largest absolute Gasteiger partial charge is 0.449 e. The Morgan fingerprint density at radius 1 is 1.45 bits per heavy atom. The maximum absolute atomic E-state index is 11.5. The number of carbonyl (C=O) groups excluding carboxylic acids is 1. The summed E-state index contributed by atoms with van der Waals surface area (Å²) in [6.45, 7) is 10.6. The summed E-state index contributed by atoms with van der Waals surface area (Å²) >= 11 is 0. The van der Waals surface area contributed by atoms with Crippen molar-refractivity contribution in [2.45, 2.75) is 47.1 Å². The third-order valence-electron chi connectivity index (χ3n) is 2.88. The highest BCUT2D eigenvalue weighted by molar-refractivity contribution is 5.66. The molecule has 0 bridgehead atoms. The van der Waals surface area contributed by atoms with Crippen LogP contribution >= 0.6 is 0 Å². The van der Waals surface area contributed by atoms with Gasteiger partial charge in [0.25, 0.3) is 0 Å². The Balaban J connectivity index is 2.05. The first-order valence-corrected chi connectivity index (χ1v) is 7.23. The van der Waals surface area contributed by atoms with Crippen LogP contribution in [-0.2, 0) is 11.3 Å². The summed E-state index contributed by atoms with van der Waals surface area (Å²) in [5, 5.41) is 2.77. The number of aryl methyl sites for hydroxylation is 1. The Morgan fingerprint density at radius 3 is 2.80 bits per heavy atom. The second-order valence-corrected chi connectivity index (χ2v) is 6.55. The minimum Gasteiger partial charge on any atom is -0.449 e. The Morgan fingerprint density at radius 2 is 2.20 bits per heavy atom. The molecule has 1 amide bonds. The maximum atomic E-state index is 11.5. The van der Waals surface area contributed by atoms with Crippen molar-refractivity contribution in [3.63, 3.8) is 0 Å². The third-order valence-corrected chi connectivity index (χ3v) is 2.88. The van der Waals surface area contributed by atoms with Crippen LogP contribution in [0.4, 0.5) is 4.79 Å². The molecule has 0 fully saturated rings. The summed E-state index contributed by atoms with van der Waals surface area (Å²) in [7, 11) is 0. The van der Waals surface area contributed by atoms with E-state index in [1.165, 1.54) is 0 Å². The summed E-state index contributed by atoms with van der Waals surface area (Å²) in [6, 6.07) is 0. The van der Waals surface area contributed by atoms with Crippen molar-refractivity contribution >= 4 is 6.09 Å². The smallest absolute Gasteiger partial charge is 0.407 e. The average molecular weight is 281 g/mol. The van der Waals surface area contributed by atoms with Crippen molar-refractivity contribution in [1.82, 2.24) is 14.9 Å². The maximum Gasteiger partial charge on any atom is 0.407 e. The fourth-order valence-corrected chi connectivity index (χ4v) is 2.24. The Bertz CT molecular complexity index is 382. The van der Waals surface area contributed by atoms with E-state index in [2.05, 4.69) is 38.0 Å². The minimum absolute atomic E-state index is 0.268. The minimum atomic E-state index is -0.323. The van der Waals surface area contributed by atoms with Crippen LogP contribution in [0.5, 0.6) is 0 Å². The molecule has 0 aromatic carbocycles. The summed E-state index contributed by atoms with van der Waals surface area (Å²) in [5.74, 6) is 0.381. The summed E-state index contributed by atoms with van der Waals surface area (Å²) in [6.07, 6.45) is 7.01. The first-order valence-electron chi connectivity index (χ1n) is 7.23. The van der Waals surface area contributed by atoms with Crippen LogP contribution in [0.15, 0.2) is 18.7 Å². The van der Waals surface area contributed by atoms with Gasteiger partial charge < -0.3 is 14.6 Å². The lowest BCUT2D eigenvalue weighted by molar-refractivity contribution is 0.118. The van der Waals surface area contributed by atoms with Gasteiger partial charge in [-0.3, -0.25) is 0 Å². The second-order valence-electron chi connectivity index (χ2n) is 6.55. The molecule has 1 aromatic rings. The highest BCUT2D eigenvalue weighted by Gasteiger charge is 2.16. The fourth-order valence-electron chi connectivity index (χ4n) is 2.24. The zero-order valence-corrected chi connectivity index (χ0v) is 13.1. The number of amides is 1. The molecule has 0 aliphatic heterocycles. The van der Waals surface area contributed by atoms with Gasteiger partial charge in [0.15, 0.2) is 0 Å². The van der Waals surface area contributed by atoms with Crippen molar-refractivity contribution in [3.05, 3.63) is 18.7 Å². The molecule has 0 spiro atoms. The number of hydrogen-bond donors (Lipinski definition) is 1. The molecule has 1 unspecified atom stereocenters. The summed E-state index contributed by atoms with van der Waals surface area (Å²) < 4.78 is 7.20. The number of carbonyl (C=O) groups is 1. The molecule has 1 rings (SSSR count). The number of ether oxygens (including phenoxy) is 1. The van der Waals surface area contributed by atoms with Gasteiger partial charge >= 0.3 is 6.09 Å². The van der Waals surface area contributed by atoms with E-state index in [1.54, 1.807) is 12.5 Å². The lowest BCUT2D eigenvalue weighted by Crippen LogP contribution is -2.28. The topological polar surface area (TPSA) is 56.1 Å². The molecule has 5 nitrogen and oxygen atoms in total. The number of imidazole rings is 1. The Hall–Kier alpha value is -1.52. The van der Waals surface area contributed by atoms with Gasteiger partial charge in [0.05, 0.1) is 12.9 Å². The normalized spacial score (nSPS) is 13.0. The van der Waals surface area contributed by atoms with Gasteiger partial charge in [-0.25, -0.2) is 9.78 Å². The molecule has 0 radical (unpaired) electrons. The van der Waals surface area contributed by atoms with Crippen molar-refractivity contribution in [2.75, 3.05) is 13.2 Å². The van der Waals surface area contributed by atoms with Gasteiger partial charge in [-0.05, 0) is 24.2 Å². The van der Waals surface area contributed by atoms with Gasteiger partial charge in [0.2, 0.25) is 0 Å². The third kappa shape index (κ3) is 7.81. The highest BCUT2D eigenvalue weighted by atomic mass is 16.5. The van der Waals surface area contributed by atoms with Crippen LogP contribution < -0.4 is 5.32 Å². The van der Waals surface area contributed by atoms with E-state index < -0.39 is 0 Å². The van der Waals surface area contributed by atoms with Gasteiger partial charge in [0.1, 0.15) is 0 Å². The molecule has 1 heterocycles. The quantitative estimate of drug-likeness (QED) is 0.781.